The second-order valence-electron chi connectivity index (χ2n) is 4.15. The van der Waals surface area contributed by atoms with Crippen LogP contribution in [0, 0.1) is 5.82 Å². The van der Waals surface area contributed by atoms with E-state index in [-0.39, 0.29) is 5.91 Å². The van der Waals surface area contributed by atoms with Gasteiger partial charge >= 0.3 is 0 Å². The van der Waals surface area contributed by atoms with Crippen molar-refractivity contribution in [3.8, 4) is 0 Å². The molecule has 1 amide bonds. The highest BCUT2D eigenvalue weighted by molar-refractivity contribution is 6.17. The van der Waals surface area contributed by atoms with Gasteiger partial charge in [0.2, 0.25) is 0 Å². The lowest BCUT2D eigenvalue weighted by Gasteiger charge is -2.06. The lowest BCUT2D eigenvalue weighted by Crippen LogP contribution is -2.22. The molecule has 0 heterocycles. The predicted octanol–water partition coefficient (Wildman–Crippen LogP) is 3.49. The van der Waals surface area contributed by atoms with E-state index in [0.717, 1.165) is 11.1 Å². The normalized spacial score (nSPS) is 10.2. The van der Waals surface area contributed by atoms with Gasteiger partial charge in [-0.15, -0.1) is 11.6 Å². The zero-order valence-corrected chi connectivity index (χ0v) is 11.0. The molecule has 19 heavy (non-hydrogen) atoms. The van der Waals surface area contributed by atoms with Gasteiger partial charge in [0.15, 0.2) is 0 Å². The van der Waals surface area contributed by atoms with Gasteiger partial charge in [-0.3, -0.25) is 4.79 Å². The molecule has 0 aliphatic carbocycles. The summed E-state index contributed by atoms with van der Waals surface area (Å²) < 4.78 is 13.0. The van der Waals surface area contributed by atoms with E-state index in [1.165, 1.54) is 18.2 Å². The van der Waals surface area contributed by atoms with Gasteiger partial charge < -0.3 is 5.32 Å². The Hall–Kier alpha value is -1.87. The minimum atomic E-state index is -0.420. The maximum absolute atomic E-state index is 13.0. The average molecular weight is 278 g/mol. The van der Waals surface area contributed by atoms with E-state index >= 15 is 0 Å². The zero-order valence-electron chi connectivity index (χ0n) is 10.2. The van der Waals surface area contributed by atoms with Crippen molar-refractivity contribution < 1.29 is 9.18 Å². The standard InChI is InChI=1S/C15H13ClFNO/c16-9-11-3-1-4-12(7-11)10-18-15(19)13-5-2-6-14(17)8-13/h1-8H,9-10H2,(H,18,19). The Balaban J connectivity index is 2.00. The number of halogens is 2. The first-order chi connectivity index (χ1) is 9.19. The molecule has 4 heteroatoms. The third kappa shape index (κ3) is 3.80. The number of alkyl halides is 1. The molecule has 2 nitrogen and oxygen atoms in total. The van der Waals surface area contributed by atoms with Crippen LogP contribution >= 0.6 is 11.6 Å². The third-order valence-corrected chi connectivity index (χ3v) is 2.99. The lowest BCUT2D eigenvalue weighted by atomic mass is 10.1. The maximum Gasteiger partial charge on any atom is 0.251 e. The van der Waals surface area contributed by atoms with Crippen LogP contribution in [0.15, 0.2) is 48.5 Å². The SMILES string of the molecule is O=C(NCc1cccc(CCl)c1)c1cccc(F)c1. The first kappa shape index (κ1) is 13.6. The molecule has 98 valence electrons. The number of benzene rings is 2. The van der Waals surface area contributed by atoms with Crippen LogP contribution < -0.4 is 5.32 Å². The van der Waals surface area contributed by atoms with Crippen molar-refractivity contribution in [1.29, 1.82) is 0 Å². The van der Waals surface area contributed by atoms with E-state index in [9.17, 15) is 9.18 Å². The highest BCUT2D eigenvalue weighted by Gasteiger charge is 2.06. The summed E-state index contributed by atoms with van der Waals surface area (Å²) in [5, 5.41) is 2.75. The molecular formula is C15H13ClFNO. The summed E-state index contributed by atoms with van der Waals surface area (Å²) in [6.45, 7) is 0.389. The first-order valence-corrected chi connectivity index (χ1v) is 6.40. The van der Waals surface area contributed by atoms with Crippen LogP contribution in [0.4, 0.5) is 4.39 Å². The number of hydrogen-bond acceptors (Lipinski definition) is 1. The molecule has 0 saturated carbocycles. The molecule has 0 radical (unpaired) electrons. The molecule has 2 aromatic rings. The first-order valence-electron chi connectivity index (χ1n) is 5.86. The Bertz CT molecular complexity index is 586. The van der Waals surface area contributed by atoms with Crippen LogP contribution in [-0.2, 0) is 12.4 Å². The third-order valence-electron chi connectivity index (χ3n) is 2.69. The van der Waals surface area contributed by atoms with Crippen molar-refractivity contribution in [3.63, 3.8) is 0 Å². The molecule has 2 rings (SSSR count). The summed E-state index contributed by atoms with van der Waals surface area (Å²) in [6, 6.07) is 13.3. The van der Waals surface area contributed by atoms with Crippen molar-refractivity contribution in [2.45, 2.75) is 12.4 Å². The smallest absolute Gasteiger partial charge is 0.251 e. The molecule has 0 saturated heterocycles. The summed E-state index contributed by atoms with van der Waals surface area (Å²) >= 11 is 5.75. The van der Waals surface area contributed by atoms with Gasteiger partial charge in [0.25, 0.3) is 5.91 Å². The van der Waals surface area contributed by atoms with Gasteiger partial charge in [-0.2, -0.15) is 0 Å². The summed E-state index contributed by atoms with van der Waals surface area (Å²) in [4.78, 5) is 11.8. The number of carbonyl (C=O) groups is 1. The summed E-state index contributed by atoms with van der Waals surface area (Å²) in [5.74, 6) is -0.279. The van der Waals surface area contributed by atoms with E-state index in [1.54, 1.807) is 6.07 Å². The maximum atomic E-state index is 13.0. The summed E-state index contributed by atoms with van der Waals surface area (Å²) in [5.41, 5.74) is 2.27. The van der Waals surface area contributed by atoms with Crippen molar-refractivity contribution in [1.82, 2.24) is 5.32 Å². The van der Waals surface area contributed by atoms with E-state index in [2.05, 4.69) is 5.32 Å². The second-order valence-corrected chi connectivity index (χ2v) is 4.41. The number of carbonyl (C=O) groups excluding carboxylic acids is 1. The van der Waals surface area contributed by atoms with Crippen LogP contribution in [0.1, 0.15) is 21.5 Å². The van der Waals surface area contributed by atoms with Gasteiger partial charge in [0.05, 0.1) is 0 Å². The minimum absolute atomic E-state index is 0.296. The topological polar surface area (TPSA) is 29.1 Å². The van der Waals surface area contributed by atoms with Gasteiger partial charge in [-0.1, -0.05) is 30.3 Å². The van der Waals surface area contributed by atoms with Gasteiger partial charge in [0.1, 0.15) is 5.82 Å². The Morgan fingerprint density at radius 1 is 1.11 bits per heavy atom. The molecule has 0 unspecified atom stereocenters. The molecule has 0 aliphatic rings. The van der Waals surface area contributed by atoms with Crippen LogP contribution in [0.25, 0.3) is 0 Å². The van der Waals surface area contributed by atoms with E-state index in [4.69, 9.17) is 11.6 Å². The molecule has 0 aromatic heterocycles. The van der Waals surface area contributed by atoms with Gasteiger partial charge in [-0.25, -0.2) is 4.39 Å². The Kier molecular flexibility index (Phi) is 4.53. The quantitative estimate of drug-likeness (QED) is 0.852. The monoisotopic (exact) mass is 277 g/mol. The lowest BCUT2D eigenvalue weighted by molar-refractivity contribution is 0.0950. The van der Waals surface area contributed by atoms with Crippen molar-refractivity contribution in [2.75, 3.05) is 0 Å². The van der Waals surface area contributed by atoms with Gasteiger partial charge in [-0.05, 0) is 29.3 Å². The molecule has 2 aromatic carbocycles. The largest absolute Gasteiger partial charge is 0.348 e. The predicted molar refractivity (Wildman–Crippen MR) is 73.6 cm³/mol. The van der Waals surface area contributed by atoms with Crippen molar-refractivity contribution in [2.24, 2.45) is 0 Å². The average Bonchev–Trinajstić information content (AvgIpc) is 2.45. The second kappa shape index (κ2) is 6.34. The minimum Gasteiger partial charge on any atom is -0.348 e. The molecular weight excluding hydrogens is 265 g/mol. The van der Waals surface area contributed by atoms with E-state index < -0.39 is 5.82 Å². The van der Waals surface area contributed by atoms with Crippen molar-refractivity contribution in [3.05, 3.63) is 71.0 Å². The number of amides is 1. The highest BCUT2D eigenvalue weighted by atomic mass is 35.5. The number of hydrogen-bond donors (Lipinski definition) is 1. The Morgan fingerprint density at radius 3 is 2.58 bits per heavy atom. The summed E-state index contributed by atoms with van der Waals surface area (Å²) in [6.07, 6.45) is 0. The highest BCUT2D eigenvalue weighted by Crippen LogP contribution is 2.08. The molecule has 0 fully saturated rings. The fourth-order valence-corrected chi connectivity index (χ4v) is 1.90. The molecule has 0 spiro atoms. The van der Waals surface area contributed by atoms with Gasteiger partial charge in [0, 0.05) is 18.0 Å². The zero-order chi connectivity index (χ0) is 13.7. The molecule has 0 aliphatic heterocycles. The van der Waals surface area contributed by atoms with Crippen LogP contribution in [0.2, 0.25) is 0 Å². The van der Waals surface area contributed by atoms with Crippen LogP contribution in [0.5, 0.6) is 0 Å². The molecule has 0 atom stereocenters. The van der Waals surface area contributed by atoms with Crippen LogP contribution in [-0.4, -0.2) is 5.91 Å². The van der Waals surface area contributed by atoms with E-state index in [0.29, 0.717) is 18.0 Å². The molecule has 1 N–H and O–H groups in total. The number of rotatable bonds is 4. The Labute approximate surface area is 116 Å². The summed E-state index contributed by atoms with van der Waals surface area (Å²) in [7, 11) is 0. The van der Waals surface area contributed by atoms with E-state index in [1.807, 2.05) is 24.3 Å². The fourth-order valence-electron chi connectivity index (χ4n) is 1.74. The molecule has 0 bridgehead atoms. The van der Waals surface area contributed by atoms with Crippen molar-refractivity contribution >= 4 is 17.5 Å². The Morgan fingerprint density at radius 2 is 1.84 bits per heavy atom. The number of nitrogens with one attached hydrogen (secondary N) is 1. The van der Waals surface area contributed by atoms with Crippen LogP contribution in [0.3, 0.4) is 0 Å². The fraction of sp³-hybridized carbons (Fsp3) is 0.133.